The third-order valence-corrected chi connectivity index (χ3v) is 4.70. The van der Waals surface area contributed by atoms with Crippen LogP contribution in [-0.2, 0) is 6.18 Å². The maximum atomic E-state index is 12.5. The Morgan fingerprint density at radius 3 is 2.11 bits per heavy atom. The highest BCUT2D eigenvalue weighted by Crippen LogP contribution is 2.63. The second kappa shape index (κ2) is 4.51. The summed E-state index contributed by atoms with van der Waals surface area (Å²) in [5, 5.41) is 0. The smallest absolute Gasteiger partial charge is 0.330 e. The van der Waals surface area contributed by atoms with E-state index >= 15 is 0 Å². The molecule has 0 aromatic heterocycles. The van der Waals surface area contributed by atoms with Gasteiger partial charge in [-0.25, -0.2) is 0 Å². The first-order valence-electron chi connectivity index (χ1n) is 6.56. The molecule has 1 aromatic carbocycles. The molecule has 1 fully saturated rings. The molecule has 1 saturated carbocycles. The Hall–Kier alpha value is -1.03. The second-order valence-corrected chi connectivity index (χ2v) is 6.10. The number of halogens is 3. The minimum atomic E-state index is -4.26. The minimum Gasteiger partial charge on any atom is -0.330 e. The van der Waals surface area contributed by atoms with Gasteiger partial charge in [0.15, 0.2) is 0 Å². The first kappa shape index (κ1) is 14.4. The molecule has 0 amide bonds. The van der Waals surface area contributed by atoms with E-state index < -0.39 is 11.7 Å². The molecule has 1 aliphatic rings. The van der Waals surface area contributed by atoms with E-state index in [0.717, 1.165) is 5.56 Å². The van der Waals surface area contributed by atoms with E-state index in [2.05, 4.69) is 20.8 Å². The number of rotatable bonds is 3. The topological polar surface area (TPSA) is 26.0 Å². The predicted molar refractivity (Wildman–Crippen MR) is 69.7 cm³/mol. The summed E-state index contributed by atoms with van der Waals surface area (Å²) in [6, 6.07) is 5.52. The number of hydrogen-bond donors (Lipinski definition) is 1. The fraction of sp³-hybridized carbons (Fsp3) is 0.600. The summed E-state index contributed by atoms with van der Waals surface area (Å²) < 4.78 is 37.5. The lowest BCUT2D eigenvalue weighted by Gasteiger charge is -2.15. The molecule has 0 saturated heterocycles. The molecule has 0 heterocycles. The lowest BCUT2D eigenvalue weighted by molar-refractivity contribution is -0.137. The van der Waals surface area contributed by atoms with E-state index in [1.54, 1.807) is 12.1 Å². The van der Waals surface area contributed by atoms with Crippen molar-refractivity contribution in [3.8, 4) is 0 Å². The molecule has 2 rings (SSSR count). The Balaban J connectivity index is 2.16. The average Bonchev–Trinajstić information content (AvgIpc) is 2.89. The highest BCUT2D eigenvalue weighted by molar-refractivity contribution is 5.29. The van der Waals surface area contributed by atoms with E-state index in [1.807, 2.05) is 0 Å². The van der Waals surface area contributed by atoms with Gasteiger partial charge in [-0.3, -0.25) is 0 Å². The van der Waals surface area contributed by atoms with Gasteiger partial charge in [0.25, 0.3) is 0 Å². The van der Waals surface area contributed by atoms with Gasteiger partial charge in [-0.15, -0.1) is 0 Å². The second-order valence-electron chi connectivity index (χ2n) is 6.10. The molecule has 0 spiro atoms. The summed E-state index contributed by atoms with van der Waals surface area (Å²) in [4.78, 5) is 0. The molecule has 2 N–H and O–H groups in total. The van der Waals surface area contributed by atoms with Crippen LogP contribution in [0.15, 0.2) is 24.3 Å². The van der Waals surface area contributed by atoms with Crippen molar-refractivity contribution in [1.82, 2.24) is 0 Å². The van der Waals surface area contributed by atoms with Gasteiger partial charge >= 0.3 is 6.18 Å². The summed E-state index contributed by atoms with van der Waals surface area (Å²) >= 11 is 0. The zero-order valence-electron chi connectivity index (χ0n) is 11.5. The van der Waals surface area contributed by atoms with Gasteiger partial charge in [-0.05, 0) is 47.4 Å². The molecule has 1 nitrogen and oxygen atoms in total. The molecule has 1 unspecified atom stereocenters. The summed E-state index contributed by atoms with van der Waals surface area (Å²) in [6.45, 7) is 7.07. The Morgan fingerprint density at radius 2 is 1.74 bits per heavy atom. The van der Waals surface area contributed by atoms with Crippen LogP contribution in [0.3, 0.4) is 0 Å². The largest absolute Gasteiger partial charge is 0.416 e. The number of alkyl halides is 3. The van der Waals surface area contributed by atoms with Crippen LogP contribution >= 0.6 is 0 Å². The Kier molecular flexibility index (Phi) is 3.42. The molecule has 0 radical (unpaired) electrons. The van der Waals surface area contributed by atoms with Gasteiger partial charge < -0.3 is 5.73 Å². The fourth-order valence-electron chi connectivity index (χ4n) is 3.41. The lowest BCUT2D eigenvalue weighted by Crippen LogP contribution is -2.07. The van der Waals surface area contributed by atoms with Crippen LogP contribution in [0.5, 0.6) is 0 Å². The van der Waals surface area contributed by atoms with Crippen molar-refractivity contribution in [2.24, 2.45) is 23.0 Å². The van der Waals surface area contributed by atoms with Crippen LogP contribution in [-0.4, -0.2) is 6.54 Å². The zero-order chi connectivity index (χ0) is 14.4. The predicted octanol–water partition coefficient (Wildman–Crippen LogP) is 4.04. The van der Waals surface area contributed by atoms with Crippen molar-refractivity contribution >= 4 is 0 Å². The summed E-state index contributed by atoms with van der Waals surface area (Å²) in [7, 11) is 0. The van der Waals surface area contributed by atoms with Crippen molar-refractivity contribution in [3.63, 3.8) is 0 Å². The lowest BCUT2D eigenvalue weighted by atomic mass is 9.91. The van der Waals surface area contributed by atoms with E-state index in [-0.39, 0.29) is 11.3 Å². The van der Waals surface area contributed by atoms with Gasteiger partial charge in [0.1, 0.15) is 0 Å². The van der Waals surface area contributed by atoms with Crippen LogP contribution in [0, 0.1) is 17.3 Å². The first-order chi connectivity index (χ1) is 8.69. The number of benzene rings is 1. The molecular weight excluding hydrogens is 251 g/mol. The van der Waals surface area contributed by atoms with Crippen LogP contribution in [0.2, 0.25) is 0 Å². The quantitative estimate of drug-likeness (QED) is 0.882. The standard InChI is InChI=1S/C15H20F3N/c1-9(13-12(8-19)14(13,2)3)10-4-6-11(7-5-10)15(16,17)18/h4-7,9,12-13H,8,19H2,1-3H3/t9?,12-,13-/m1/s1. The average molecular weight is 271 g/mol. The number of hydrogen-bond acceptors (Lipinski definition) is 1. The van der Waals surface area contributed by atoms with E-state index in [0.29, 0.717) is 18.4 Å². The van der Waals surface area contributed by atoms with Crippen LogP contribution in [0.1, 0.15) is 37.8 Å². The molecule has 3 atom stereocenters. The maximum absolute atomic E-state index is 12.5. The minimum absolute atomic E-state index is 0.191. The molecule has 1 aromatic rings. The maximum Gasteiger partial charge on any atom is 0.416 e. The highest BCUT2D eigenvalue weighted by Gasteiger charge is 2.58. The van der Waals surface area contributed by atoms with Crippen LogP contribution < -0.4 is 5.73 Å². The molecule has 19 heavy (non-hydrogen) atoms. The SMILES string of the molecule is CC(c1ccc(C(F)(F)F)cc1)[C@@H]1[C@@H](CN)C1(C)C. The first-order valence-corrected chi connectivity index (χ1v) is 6.56. The van der Waals surface area contributed by atoms with E-state index in [9.17, 15) is 13.2 Å². The Morgan fingerprint density at radius 1 is 1.21 bits per heavy atom. The van der Waals surface area contributed by atoms with Gasteiger partial charge in [0.05, 0.1) is 5.56 Å². The molecule has 1 aliphatic carbocycles. The van der Waals surface area contributed by atoms with Crippen LogP contribution in [0.4, 0.5) is 13.2 Å². The third-order valence-electron chi connectivity index (χ3n) is 4.70. The zero-order valence-corrected chi connectivity index (χ0v) is 11.5. The molecule has 106 valence electrons. The summed E-state index contributed by atoms with van der Waals surface area (Å²) in [5.74, 6) is 1.16. The van der Waals surface area contributed by atoms with Gasteiger partial charge in [0, 0.05) is 0 Å². The molecular formula is C15H20F3N. The molecule has 4 heteroatoms. The van der Waals surface area contributed by atoms with Crippen molar-refractivity contribution in [2.75, 3.05) is 6.54 Å². The van der Waals surface area contributed by atoms with Crippen molar-refractivity contribution in [3.05, 3.63) is 35.4 Å². The van der Waals surface area contributed by atoms with Crippen molar-refractivity contribution in [2.45, 2.75) is 32.9 Å². The molecule has 0 bridgehead atoms. The van der Waals surface area contributed by atoms with Gasteiger partial charge in [-0.2, -0.15) is 13.2 Å². The highest BCUT2D eigenvalue weighted by atomic mass is 19.4. The van der Waals surface area contributed by atoms with Crippen molar-refractivity contribution in [1.29, 1.82) is 0 Å². The third kappa shape index (κ3) is 2.50. The summed E-state index contributed by atoms with van der Waals surface area (Å²) in [6.07, 6.45) is -4.26. The number of nitrogens with two attached hydrogens (primary N) is 1. The van der Waals surface area contributed by atoms with Gasteiger partial charge in [-0.1, -0.05) is 32.9 Å². The normalized spacial score (nSPS) is 27.1. The summed E-state index contributed by atoms with van der Waals surface area (Å²) in [5.41, 5.74) is 6.31. The fourth-order valence-corrected chi connectivity index (χ4v) is 3.41. The molecule has 0 aliphatic heterocycles. The Labute approximate surface area is 112 Å². The van der Waals surface area contributed by atoms with Crippen molar-refractivity contribution < 1.29 is 13.2 Å². The Bertz CT molecular complexity index is 447. The monoisotopic (exact) mass is 271 g/mol. The van der Waals surface area contributed by atoms with Crippen LogP contribution in [0.25, 0.3) is 0 Å². The van der Waals surface area contributed by atoms with E-state index in [1.165, 1.54) is 12.1 Å². The van der Waals surface area contributed by atoms with Gasteiger partial charge in [0.2, 0.25) is 0 Å². The van der Waals surface area contributed by atoms with E-state index in [4.69, 9.17) is 5.73 Å².